The number of guanidine groups is 1. The van der Waals surface area contributed by atoms with Gasteiger partial charge in [0.05, 0.1) is 13.7 Å². The van der Waals surface area contributed by atoms with Crippen LogP contribution in [0.5, 0.6) is 5.75 Å². The van der Waals surface area contributed by atoms with Crippen molar-refractivity contribution in [1.29, 1.82) is 0 Å². The molecule has 7 nitrogen and oxygen atoms in total. The second-order valence-electron chi connectivity index (χ2n) is 8.65. The van der Waals surface area contributed by atoms with E-state index in [2.05, 4.69) is 32.7 Å². The van der Waals surface area contributed by atoms with Gasteiger partial charge in [0.25, 0.3) is 0 Å². The molecule has 30 heavy (non-hydrogen) atoms. The molecule has 0 aromatic heterocycles. The summed E-state index contributed by atoms with van der Waals surface area (Å²) in [6.45, 7) is 6.68. The van der Waals surface area contributed by atoms with Gasteiger partial charge < -0.3 is 25.2 Å². The Morgan fingerprint density at radius 2 is 2.03 bits per heavy atom. The van der Waals surface area contributed by atoms with E-state index < -0.39 is 0 Å². The molecule has 2 aliphatic heterocycles. The Labute approximate surface area is 180 Å². The molecule has 3 rings (SSSR count). The zero-order valence-electron chi connectivity index (χ0n) is 18.5. The SMILES string of the molecule is CN=C(NCC1CCN(Cc2ccc(OC)cc2)CC1)NCC1(CCO)CCOC1. The highest BCUT2D eigenvalue weighted by molar-refractivity contribution is 5.79. The van der Waals surface area contributed by atoms with Crippen LogP contribution in [-0.2, 0) is 11.3 Å². The number of hydrogen-bond donors (Lipinski definition) is 3. The first kappa shape index (κ1) is 22.8. The Hall–Kier alpha value is -1.83. The molecular formula is C23H38N4O3. The van der Waals surface area contributed by atoms with Crippen molar-refractivity contribution in [2.75, 3.05) is 60.2 Å². The van der Waals surface area contributed by atoms with Crippen molar-refractivity contribution in [2.45, 2.75) is 32.2 Å². The van der Waals surface area contributed by atoms with Crippen LogP contribution >= 0.6 is 0 Å². The smallest absolute Gasteiger partial charge is 0.191 e. The summed E-state index contributed by atoms with van der Waals surface area (Å²) in [4.78, 5) is 6.91. The molecule has 0 saturated carbocycles. The van der Waals surface area contributed by atoms with Crippen molar-refractivity contribution < 1.29 is 14.6 Å². The maximum absolute atomic E-state index is 9.39. The quantitative estimate of drug-likeness (QED) is 0.420. The standard InChI is InChI=1S/C23H38N4O3/c1-24-22(26-17-23(9-13-28)10-14-30-18-23)25-15-19-7-11-27(12-8-19)16-20-3-5-21(29-2)6-4-20/h3-6,19,28H,7-18H2,1-2H3,(H2,24,25,26). The monoisotopic (exact) mass is 418 g/mol. The third-order valence-electron chi connectivity index (χ3n) is 6.51. The van der Waals surface area contributed by atoms with Crippen molar-refractivity contribution in [2.24, 2.45) is 16.3 Å². The molecule has 1 aromatic rings. The van der Waals surface area contributed by atoms with E-state index in [0.29, 0.717) is 12.5 Å². The van der Waals surface area contributed by atoms with E-state index >= 15 is 0 Å². The highest BCUT2D eigenvalue weighted by Gasteiger charge is 2.34. The van der Waals surface area contributed by atoms with Gasteiger partial charge in [0.1, 0.15) is 5.75 Å². The average Bonchev–Trinajstić information content (AvgIpc) is 3.24. The van der Waals surface area contributed by atoms with E-state index in [1.54, 1.807) is 7.11 Å². The molecule has 2 saturated heterocycles. The normalized spacial score (nSPS) is 23.5. The van der Waals surface area contributed by atoms with Gasteiger partial charge in [0.15, 0.2) is 5.96 Å². The number of methoxy groups -OCH3 is 1. The summed E-state index contributed by atoms with van der Waals surface area (Å²) in [6.07, 6.45) is 4.15. The molecule has 2 heterocycles. The van der Waals surface area contributed by atoms with E-state index in [1.165, 1.54) is 18.4 Å². The van der Waals surface area contributed by atoms with E-state index in [-0.39, 0.29) is 12.0 Å². The Balaban J connectivity index is 1.36. The Morgan fingerprint density at radius 1 is 1.27 bits per heavy atom. The summed E-state index contributed by atoms with van der Waals surface area (Å²) >= 11 is 0. The zero-order valence-corrected chi connectivity index (χ0v) is 18.5. The predicted octanol–water partition coefficient (Wildman–Crippen LogP) is 1.86. The number of piperidine rings is 1. The van der Waals surface area contributed by atoms with Crippen LogP contribution < -0.4 is 15.4 Å². The van der Waals surface area contributed by atoms with Gasteiger partial charge in [-0.05, 0) is 62.4 Å². The minimum Gasteiger partial charge on any atom is -0.497 e. The summed E-state index contributed by atoms with van der Waals surface area (Å²) in [7, 11) is 3.52. The lowest BCUT2D eigenvalue weighted by Crippen LogP contribution is -2.46. The molecule has 0 bridgehead atoms. The molecule has 0 radical (unpaired) electrons. The Kier molecular flexibility index (Phi) is 8.78. The highest BCUT2D eigenvalue weighted by atomic mass is 16.5. The lowest BCUT2D eigenvalue weighted by molar-refractivity contribution is 0.127. The predicted molar refractivity (Wildman–Crippen MR) is 120 cm³/mol. The zero-order chi connectivity index (χ0) is 21.2. The van der Waals surface area contributed by atoms with Gasteiger partial charge >= 0.3 is 0 Å². The molecule has 7 heteroatoms. The number of hydrogen-bond acceptors (Lipinski definition) is 5. The summed E-state index contributed by atoms with van der Waals surface area (Å²) < 4.78 is 10.8. The van der Waals surface area contributed by atoms with Crippen molar-refractivity contribution in [3.05, 3.63) is 29.8 Å². The van der Waals surface area contributed by atoms with Gasteiger partial charge in [-0.15, -0.1) is 0 Å². The van der Waals surface area contributed by atoms with E-state index in [0.717, 1.165) is 63.9 Å². The van der Waals surface area contributed by atoms with Crippen LogP contribution in [0.15, 0.2) is 29.3 Å². The molecule has 3 N–H and O–H groups in total. The number of nitrogens with one attached hydrogen (secondary N) is 2. The number of aliphatic hydroxyl groups excluding tert-OH is 1. The third kappa shape index (κ3) is 6.59. The summed E-state index contributed by atoms with van der Waals surface area (Å²) in [5, 5.41) is 16.3. The molecular weight excluding hydrogens is 380 g/mol. The van der Waals surface area contributed by atoms with Crippen LogP contribution in [-0.4, -0.2) is 76.1 Å². The van der Waals surface area contributed by atoms with Crippen LogP contribution in [0.2, 0.25) is 0 Å². The largest absolute Gasteiger partial charge is 0.497 e. The third-order valence-corrected chi connectivity index (χ3v) is 6.51. The van der Waals surface area contributed by atoms with Gasteiger partial charge in [0, 0.05) is 45.3 Å². The first-order chi connectivity index (χ1) is 14.7. The molecule has 1 atom stereocenters. The minimum absolute atomic E-state index is 0.0270. The lowest BCUT2D eigenvalue weighted by atomic mass is 9.84. The van der Waals surface area contributed by atoms with Gasteiger partial charge in [-0.2, -0.15) is 0 Å². The van der Waals surface area contributed by atoms with Crippen molar-refractivity contribution in [3.8, 4) is 5.75 Å². The van der Waals surface area contributed by atoms with E-state index in [1.807, 2.05) is 19.2 Å². The number of ether oxygens (including phenoxy) is 2. The molecule has 168 valence electrons. The first-order valence-corrected chi connectivity index (χ1v) is 11.1. The van der Waals surface area contributed by atoms with E-state index in [9.17, 15) is 5.11 Å². The van der Waals surface area contributed by atoms with Crippen molar-refractivity contribution >= 4 is 5.96 Å². The summed E-state index contributed by atoms with van der Waals surface area (Å²) in [6, 6.07) is 8.38. The number of nitrogens with zero attached hydrogens (tertiary/aromatic N) is 2. The highest BCUT2D eigenvalue weighted by Crippen LogP contribution is 2.31. The first-order valence-electron chi connectivity index (χ1n) is 11.1. The molecule has 1 aromatic carbocycles. The number of aliphatic hydroxyl groups is 1. The maximum Gasteiger partial charge on any atom is 0.191 e. The number of aliphatic imine (C=N–C) groups is 1. The maximum atomic E-state index is 9.39. The summed E-state index contributed by atoms with van der Waals surface area (Å²) in [5.74, 6) is 2.42. The molecule has 0 spiro atoms. The van der Waals surface area contributed by atoms with Crippen molar-refractivity contribution in [3.63, 3.8) is 0 Å². The lowest BCUT2D eigenvalue weighted by Gasteiger charge is -2.32. The topological polar surface area (TPSA) is 78.4 Å². The van der Waals surface area contributed by atoms with E-state index in [4.69, 9.17) is 9.47 Å². The van der Waals surface area contributed by atoms with Gasteiger partial charge in [0.2, 0.25) is 0 Å². The molecule has 2 aliphatic rings. The Bertz CT molecular complexity index is 651. The second-order valence-corrected chi connectivity index (χ2v) is 8.65. The van der Waals surface area contributed by atoms with Crippen LogP contribution in [0.1, 0.15) is 31.2 Å². The number of rotatable bonds is 9. The fourth-order valence-electron chi connectivity index (χ4n) is 4.38. The van der Waals surface area contributed by atoms with Crippen LogP contribution in [0.25, 0.3) is 0 Å². The van der Waals surface area contributed by atoms with Gasteiger partial charge in [-0.3, -0.25) is 9.89 Å². The number of benzene rings is 1. The average molecular weight is 419 g/mol. The van der Waals surface area contributed by atoms with Gasteiger partial charge in [-0.1, -0.05) is 12.1 Å². The Morgan fingerprint density at radius 3 is 2.63 bits per heavy atom. The minimum atomic E-state index is 0.0270. The molecule has 0 aliphatic carbocycles. The summed E-state index contributed by atoms with van der Waals surface area (Å²) in [5.41, 5.74) is 1.36. The molecule has 1 unspecified atom stereocenters. The molecule has 2 fully saturated rings. The van der Waals surface area contributed by atoms with Crippen molar-refractivity contribution in [1.82, 2.24) is 15.5 Å². The van der Waals surface area contributed by atoms with Gasteiger partial charge in [-0.25, -0.2) is 0 Å². The van der Waals surface area contributed by atoms with Crippen LogP contribution in [0.3, 0.4) is 0 Å². The second kappa shape index (κ2) is 11.5. The molecule has 0 amide bonds. The fraction of sp³-hybridized carbons (Fsp3) is 0.696. The van der Waals surface area contributed by atoms with Crippen LogP contribution in [0.4, 0.5) is 0 Å². The fourth-order valence-corrected chi connectivity index (χ4v) is 4.38. The number of likely N-dealkylation sites (tertiary alicyclic amines) is 1. The van der Waals surface area contributed by atoms with Crippen LogP contribution in [0, 0.1) is 11.3 Å².